The van der Waals surface area contributed by atoms with Gasteiger partial charge in [0.05, 0.1) is 20.6 Å². The van der Waals surface area contributed by atoms with Gasteiger partial charge < -0.3 is 5.11 Å². The number of thiophene rings is 1. The minimum Gasteiger partial charge on any atom is -0.477 e. The Morgan fingerprint density at radius 3 is 2.60 bits per heavy atom. The quantitative estimate of drug-likeness (QED) is 0.881. The monoisotopic (exact) mass is 351 g/mol. The van der Waals surface area contributed by atoms with E-state index in [1.165, 1.54) is 17.5 Å². The summed E-state index contributed by atoms with van der Waals surface area (Å²) in [5.41, 5.74) is 0.127. The first kappa shape index (κ1) is 15.1. The molecule has 0 aliphatic carbocycles. The third kappa shape index (κ3) is 3.06. The van der Waals surface area contributed by atoms with Crippen LogP contribution in [0.2, 0.25) is 10.0 Å². The molecule has 0 fully saturated rings. The molecule has 0 unspecified atom stereocenters. The Kier molecular flexibility index (Phi) is 4.24. The normalized spacial score (nSPS) is 11.3. The predicted molar refractivity (Wildman–Crippen MR) is 78.5 cm³/mol. The molecule has 0 saturated heterocycles. The number of hydrogen-bond acceptors (Lipinski definition) is 4. The number of carboxylic acid groups (broad SMARTS) is 1. The summed E-state index contributed by atoms with van der Waals surface area (Å²) in [4.78, 5) is 10.5. The molecule has 0 spiro atoms. The van der Waals surface area contributed by atoms with Crippen LogP contribution >= 0.6 is 34.5 Å². The van der Waals surface area contributed by atoms with Gasteiger partial charge in [0, 0.05) is 5.38 Å². The van der Waals surface area contributed by atoms with E-state index in [2.05, 4.69) is 4.72 Å². The fraction of sp³-hybridized carbons (Fsp3) is 0. The molecule has 0 amide bonds. The lowest BCUT2D eigenvalue weighted by molar-refractivity contribution is 0.0702. The molecule has 1 heterocycles. The highest BCUT2D eigenvalue weighted by Crippen LogP contribution is 2.31. The minimum absolute atomic E-state index is 0.0671. The smallest absolute Gasteiger partial charge is 0.345 e. The van der Waals surface area contributed by atoms with Gasteiger partial charge in [-0.3, -0.25) is 4.72 Å². The van der Waals surface area contributed by atoms with Crippen LogP contribution in [-0.2, 0) is 10.0 Å². The van der Waals surface area contributed by atoms with Crippen molar-refractivity contribution in [3.8, 4) is 0 Å². The molecule has 0 radical (unpaired) electrons. The van der Waals surface area contributed by atoms with Gasteiger partial charge in [0.2, 0.25) is 0 Å². The number of hydrogen-bond donors (Lipinski definition) is 2. The molecular weight excluding hydrogens is 345 g/mol. The average molecular weight is 352 g/mol. The van der Waals surface area contributed by atoms with Crippen molar-refractivity contribution in [2.75, 3.05) is 4.72 Å². The van der Waals surface area contributed by atoms with Crippen molar-refractivity contribution in [2.24, 2.45) is 0 Å². The van der Waals surface area contributed by atoms with Crippen LogP contribution in [0.5, 0.6) is 0 Å². The summed E-state index contributed by atoms with van der Waals surface area (Å²) in [5, 5.41) is 10.3. The van der Waals surface area contributed by atoms with Crippen molar-refractivity contribution in [2.45, 2.75) is 4.90 Å². The maximum atomic E-state index is 12.1. The second kappa shape index (κ2) is 5.61. The zero-order chi connectivity index (χ0) is 14.9. The largest absolute Gasteiger partial charge is 0.477 e. The van der Waals surface area contributed by atoms with Gasteiger partial charge >= 0.3 is 5.97 Å². The lowest BCUT2D eigenvalue weighted by atomic mass is 10.3. The Morgan fingerprint density at radius 2 is 2.00 bits per heavy atom. The summed E-state index contributed by atoms with van der Waals surface area (Å²) in [7, 11) is -3.91. The second-order valence-corrected chi connectivity index (χ2v) is 7.04. The van der Waals surface area contributed by atoms with E-state index in [1.807, 2.05) is 0 Å². The van der Waals surface area contributed by atoms with E-state index in [0.717, 1.165) is 17.4 Å². The number of halogens is 2. The summed E-state index contributed by atoms with van der Waals surface area (Å²) >= 11 is 12.5. The number of benzene rings is 1. The van der Waals surface area contributed by atoms with Gasteiger partial charge in [-0.2, -0.15) is 0 Å². The van der Waals surface area contributed by atoms with Gasteiger partial charge in [0.1, 0.15) is 4.88 Å². The third-order valence-electron chi connectivity index (χ3n) is 2.29. The molecule has 2 rings (SSSR count). The fourth-order valence-corrected chi connectivity index (χ4v) is 3.95. The highest BCUT2D eigenvalue weighted by molar-refractivity contribution is 7.92. The Hall–Kier alpha value is -1.28. The molecule has 20 heavy (non-hydrogen) atoms. The van der Waals surface area contributed by atoms with Crippen LogP contribution in [0.1, 0.15) is 9.67 Å². The van der Waals surface area contributed by atoms with E-state index >= 15 is 0 Å². The van der Waals surface area contributed by atoms with Gasteiger partial charge in [0.25, 0.3) is 10.0 Å². The van der Waals surface area contributed by atoms with E-state index in [9.17, 15) is 13.2 Å². The summed E-state index contributed by atoms with van der Waals surface area (Å²) in [6, 6.07) is 5.60. The number of anilines is 1. The van der Waals surface area contributed by atoms with Crippen LogP contribution < -0.4 is 4.72 Å². The van der Waals surface area contributed by atoms with E-state index in [4.69, 9.17) is 28.3 Å². The molecule has 9 heteroatoms. The number of aromatic carboxylic acids is 1. The number of carbonyl (C=O) groups is 1. The molecule has 0 aliphatic heterocycles. The molecule has 1 aromatic heterocycles. The fourth-order valence-electron chi connectivity index (χ4n) is 1.36. The van der Waals surface area contributed by atoms with Crippen LogP contribution in [0, 0.1) is 0 Å². The minimum atomic E-state index is -3.91. The van der Waals surface area contributed by atoms with E-state index in [-0.39, 0.29) is 25.5 Å². The molecule has 0 bridgehead atoms. The lowest BCUT2D eigenvalue weighted by Crippen LogP contribution is -2.12. The molecule has 0 saturated carbocycles. The SMILES string of the molecule is O=C(O)c1cc(S(=O)(=O)Nc2cccc(Cl)c2Cl)cs1. The molecule has 0 atom stereocenters. The van der Waals surface area contributed by atoms with Gasteiger partial charge in [-0.15, -0.1) is 11.3 Å². The van der Waals surface area contributed by atoms with E-state index in [0.29, 0.717) is 0 Å². The lowest BCUT2D eigenvalue weighted by Gasteiger charge is -2.08. The topological polar surface area (TPSA) is 83.5 Å². The van der Waals surface area contributed by atoms with E-state index < -0.39 is 16.0 Å². The summed E-state index contributed by atoms with van der Waals surface area (Å²) in [6.07, 6.45) is 0. The van der Waals surface area contributed by atoms with E-state index in [1.54, 1.807) is 6.07 Å². The number of carboxylic acids is 1. The molecule has 2 aromatic rings. The number of sulfonamides is 1. The molecule has 1 aromatic carbocycles. The van der Waals surface area contributed by atoms with Gasteiger partial charge in [-0.25, -0.2) is 13.2 Å². The van der Waals surface area contributed by atoms with Gasteiger partial charge in [0.15, 0.2) is 0 Å². The highest BCUT2D eigenvalue weighted by Gasteiger charge is 2.20. The first-order valence-corrected chi connectivity index (χ1v) is 8.22. The zero-order valence-electron chi connectivity index (χ0n) is 9.63. The highest BCUT2D eigenvalue weighted by atomic mass is 35.5. The van der Waals surface area contributed by atoms with Crippen molar-refractivity contribution in [1.29, 1.82) is 0 Å². The number of nitrogens with one attached hydrogen (secondary N) is 1. The molecule has 2 N–H and O–H groups in total. The molecule has 5 nitrogen and oxygen atoms in total. The van der Waals surface area contributed by atoms with Crippen LogP contribution in [0.4, 0.5) is 5.69 Å². The molecular formula is C11H7Cl2NO4S2. The second-order valence-electron chi connectivity index (χ2n) is 3.66. The number of rotatable bonds is 4. The first-order valence-electron chi connectivity index (χ1n) is 5.10. The third-order valence-corrected chi connectivity index (χ3v) is 5.52. The average Bonchev–Trinajstić information content (AvgIpc) is 2.85. The molecule has 0 aliphatic rings. The predicted octanol–water partition coefficient (Wildman–Crippen LogP) is 3.55. The zero-order valence-corrected chi connectivity index (χ0v) is 12.8. The van der Waals surface area contributed by atoms with Crippen LogP contribution in [0.15, 0.2) is 34.5 Å². The van der Waals surface area contributed by atoms with Crippen molar-refractivity contribution in [3.63, 3.8) is 0 Å². The van der Waals surface area contributed by atoms with Crippen LogP contribution in [-0.4, -0.2) is 19.5 Å². The van der Waals surface area contributed by atoms with Crippen molar-refractivity contribution in [1.82, 2.24) is 0 Å². The standard InChI is InChI=1S/C11H7Cl2NO4S2/c12-7-2-1-3-8(10(7)13)14-20(17,18)6-4-9(11(15)16)19-5-6/h1-5,14H,(H,15,16). The van der Waals surface area contributed by atoms with Crippen LogP contribution in [0.3, 0.4) is 0 Å². The molecule has 106 valence electrons. The maximum absolute atomic E-state index is 12.1. The maximum Gasteiger partial charge on any atom is 0.345 e. The summed E-state index contributed by atoms with van der Waals surface area (Å²) in [5.74, 6) is -1.18. The Labute approximate surface area is 128 Å². The van der Waals surface area contributed by atoms with Gasteiger partial charge in [-0.1, -0.05) is 29.3 Å². The summed E-state index contributed by atoms with van der Waals surface area (Å²) < 4.78 is 26.5. The Bertz CT molecular complexity index is 770. The van der Waals surface area contributed by atoms with Crippen LogP contribution in [0.25, 0.3) is 0 Å². The first-order chi connectivity index (χ1) is 9.31. The Balaban J connectivity index is 2.35. The van der Waals surface area contributed by atoms with Crippen molar-refractivity contribution >= 4 is 56.2 Å². The van der Waals surface area contributed by atoms with Crippen molar-refractivity contribution in [3.05, 3.63) is 44.6 Å². The van der Waals surface area contributed by atoms with Crippen molar-refractivity contribution < 1.29 is 18.3 Å². The Morgan fingerprint density at radius 1 is 1.30 bits per heavy atom. The van der Waals surface area contributed by atoms with Gasteiger partial charge in [-0.05, 0) is 18.2 Å². The summed E-state index contributed by atoms with van der Waals surface area (Å²) in [6.45, 7) is 0.